The Balaban J connectivity index is 2.08. The van der Waals surface area contributed by atoms with Crippen molar-refractivity contribution >= 4 is 17.5 Å². The molecule has 0 spiro atoms. The van der Waals surface area contributed by atoms with Crippen LogP contribution in [0.15, 0.2) is 0 Å². The van der Waals surface area contributed by atoms with E-state index in [1.165, 1.54) is 12.8 Å². The highest BCUT2D eigenvalue weighted by atomic mass is 35.5. The van der Waals surface area contributed by atoms with Crippen LogP contribution in [0.1, 0.15) is 45.4 Å². The lowest BCUT2D eigenvalue weighted by molar-refractivity contribution is -0.124. The Kier molecular flexibility index (Phi) is 5.31. The molecule has 2 nitrogen and oxygen atoms in total. The number of hydrogen-bond donors (Lipinski definition) is 1. The molecule has 0 bridgehead atoms. The lowest BCUT2D eigenvalue weighted by Gasteiger charge is -2.11. The third-order valence-electron chi connectivity index (χ3n) is 2.93. The van der Waals surface area contributed by atoms with Crippen molar-refractivity contribution in [2.24, 2.45) is 5.92 Å². The van der Waals surface area contributed by atoms with Crippen LogP contribution in [0.5, 0.6) is 0 Å². The number of amides is 1. The van der Waals surface area contributed by atoms with E-state index in [1.807, 2.05) is 0 Å². The molecule has 1 saturated carbocycles. The summed E-state index contributed by atoms with van der Waals surface area (Å²) in [6, 6.07) is 0. The Morgan fingerprint density at radius 1 is 1.50 bits per heavy atom. The zero-order valence-corrected chi connectivity index (χ0v) is 9.65. The van der Waals surface area contributed by atoms with Crippen molar-refractivity contribution in [3.8, 4) is 0 Å². The van der Waals surface area contributed by atoms with Crippen LogP contribution in [0.25, 0.3) is 0 Å². The summed E-state index contributed by atoms with van der Waals surface area (Å²) >= 11 is 5.96. The first-order valence-electron chi connectivity index (χ1n) is 5.65. The Hall–Kier alpha value is -0.240. The van der Waals surface area contributed by atoms with Crippen LogP contribution in [0.4, 0.5) is 0 Å². The fourth-order valence-corrected chi connectivity index (χ4v) is 2.00. The van der Waals surface area contributed by atoms with Gasteiger partial charge in [-0.3, -0.25) is 4.79 Å². The first kappa shape index (κ1) is 11.8. The van der Waals surface area contributed by atoms with E-state index in [-0.39, 0.29) is 17.2 Å². The zero-order valence-electron chi connectivity index (χ0n) is 8.89. The lowest BCUT2D eigenvalue weighted by Crippen LogP contribution is -2.31. The van der Waals surface area contributed by atoms with E-state index in [2.05, 4.69) is 12.2 Å². The molecule has 0 heterocycles. The molecule has 1 atom stereocenters. The number of hydrogen-bond acceptors (Lipinski definition) is 1. The van der Waals surface area contributed by atoms with Crippen molar-refractivity contribution in [3.05, 3.63) is 0 Å². The highest BCUT2D eigenvalue weighted by Gasteiger charge is 2.21. The normalized spacial score (nSPS) is 19.6. The van der Waals surface area contributed by atoms with E-state index < -0.39 is 0 Å². The van der Waals surface area contributed by atoms with Gasteiger partial charge in [0.25, 0.3) is 0 Å². The average Bonchev–Trinajstić information content (AvgIpc) is 2.70. The smallest absolute Gasteiger partial charge is 0.223 e. The standard InChI is InChI=1S/C11H20ClNO/c1-2-10(12)7-8-13-11(14)9-5-3-4-6-9/h9-10H,2-8H2,1H3,(H,13,14). The number of carbonyl (C=O) groups is 1. The van der Waals surface area contributed by atoms with E-state index in [0.29, 0.717) is 0 Å². The average molecular weight is 218 g/mol. The maximum absolute atomic E-state index is 11.6. The Bertz CT molecular complexity index is 178. The first-order chi connectivity index (χ1) is 6.74. The third-order valence-corrected chi connectivity index (χ3v) is 3.45. The number of alkyl halides is 1. The molecule has 1 rings (SSSR count). The van der Waals surface area contributed by atoms with Crippen molar-refractivity contribution in [1.82, 2.24) is 5.32 Å². The summed E-state index contributed by atoms with van der Waals surface area (Å²) in [5, 5.41) is 3.17. The van der Waals surface area contributed by atoms with Gasteiger partial charge in [0.2, 0.25) is 5.91 Å². The van der Waals surface area contributed by atoms with Crippen LogP contribution in [0, 0.1) is 5.92 Å². The third kappa shape index (κ3) is 3.87. The first-order valence-corrected chi connectivity index (χ1v) is 6.09. The quantitative estimate of drug-likeness (QED) is 0.705. The van der Waals surface area contributed by atoms with Gasteiger partial charge in [0.15, 0.2) is 0 Å². The second kappa shape index (κ2) is 6.28. The number of nitrogens with one attached hydrogen (secondary N) is 1. The number of carbonyl (C=O) groups excluding carboxylic acids is 1. The monoisotopic (exact) mass is 217 g/mol. The lowest BCUT2D eigenvalue weighted by atomic mass is 10.1. The van der Waals surface area contributed by atoms with Crippen molar-refractivity contribution in [2.45, 2.75) is 50.8 Å². The molecule has 0 radical (unpaired) electrons. The Morgan fingerprint density at radius 3 is 2.71 bits per heavy atom. The van der Waals surface area contributed by atoms with Crippen molar-refractivity contribution in [1.29, 1.82) is 0 Å². The summed E-state index contributed by atoms with van der Waals surface area (Å²) in [5.74, 6) is 0.521. The predicted octanol–water partition coefficient (Wildman–Crippen LogP) is 2.70. The largest absolute Gasteiger partial charge is 0.356 e. The summed E-state index contributed by atoms with van der Waals surface area (Å²) in [5.41, 5.74) is 0. The minimum atomic E-state index is 0.207. The van der Waals surface area contributed by atoms with Crippen LogP contribution in [0.2, 0.25) is 0 Å². The van der Waals surface area contributed by atoms with Gasteiger partial charge in [-0.15, -0.1) is 11.6 Å². The number of rotatable bonds is 5. The molecular weight excluding hydrogens is 198 g/mol. The topological polar surface area (TPSA) is 29.1 Å². The molecule has 0 aliphatic heterocycles. The summed E-state index contributed by atoms with van der Waals surface area (Å²) in [7, 11) is 0. The summed E-state index contributed by atoms with van der Waals surface area (Å²) in [6.45, 7) is 2.80. The fraction of sp³-hybridized carbons (Fsp3) is 0.909. The van der Waals surface area contributed by atoms with Gasteiger partial charge in [-0.05, 0) is 25.7 Å². The zero-order chi connectivity index (χ0) is 10.4. The van der Waals surface area contributed by atoms with Crippen LogP contribution in [0.3, 0.4) is 0 Å². The van der Waals surface area contributed by atoms with Gasteiger partial charge in [-0.2, -0.15) is 0 Å². The van der Waals surface area contributed by atoms with Gasteiger partial charge in [-0.1, -0.05) is 19.8 Å². The maximum Gasteiger partial charge on any atom is 0.223 e. The highest BCUT2D eigenvalue weighted by molar-refractivity contribution is 6.20. The van der Waals surface area contributed by atoms with Gasteiger partial charge in [0, 0.05) is 17.8 Å². The second-order valence-electron chi connectivity index (χ2n) is 4.07. The van der Waals surface area contributed by atoms with Crippen molar-refractivity contribution in [2.75, 3.05) is 6.54 Å². The maximum atomic E-state index is 11.6. The van der Waals surface area contributed by atoms with Crippen molar-refractivity contribution in [3.63, 3.8) is 0 Å². The second-order valence-corrected chi connectivity index (χ2v) is 4.68. The van der Waals surface area contributed by atoms with Gasteiger partial charge < -0.3 is 5.32 Å². The number of halogens is 1. The molecule has 3 heteroatoms. The molecule has 0 aromatic rings. The van der Waals surface area contributed by atoms with Gasteiger partial charge >= 0.3 is 0 Å². The van der Waals surface area contributed by atoms with E-state index in [1.54, 1.807) is 0 Å². The molecule has 1 unspecified atom stereocenters. The van der Waals surface area contributed by atoms with Crippen molar-refractivity contribution < 1.29 is 4.79 Å². The van der Waals surface area contributed by atoms with Crippen LogP contribution >= 0.6 is 11.6 Å². The van der Waals surface area contributed by atoms with Gasteiger partial charge in [0.1, 0.15) is 0 Å². The summed E-state index contributed by atoms with van der Waals surface area (Å²) < 4.78 is 0. The summed E-state index contributed by atoms with van der Waals surface area (Å²) in [4.78, 5) is 11.6. The molecule has 1 aliphatic carbocycles. The van der Waals surface area contributed by atoms with Crippen LogP contribution < -0.4 is 5.32 Å². The van der Waals surface area contributed by atoms with Crippen LogP contribution in [-0.4, -0.2) is 17.8 Å². The van der Waals surface area contributed by atoms with Crippen LogP contribution in [-0.2, 0) is 4.79 Å². The molecule has 14 heavy (non-hydrogen) atoms. The molecule has 0 aromatic heterocycles. The molecule has 82 valence electrons. The molecule has 1 aliphatic rings. The van der Waals surface area contributed by atoms with Gasteiger partial charge in [-0.25, -0.2) is 0 Å². The SMILES string of the molecule is CCC(Cl)CCNC(=O)C1CCCC1. The van der Waals surface area contributed by atoms with E-state index >= 15 is 0 Å². The Labute approximate surface area is 91.4 Å². The minimum absolute atomic E-state index is 0.207. The fourth-order valence-electron chi connectivity index (χ4n) is 1.89. The molecule has 0 saturated heterocycles. The van der Waals surface area contributed by atoms with E-state index in [0.717, 1.165) is 32.2 Å². The Morgan fingerprint density at radius 2 is 2.14 bits per heavy atom. The molecule has 1 N–H and O–H groups in total. The molecule has 1 amide bonds. The van der Waals surface area contributed by atoms with Gasteiger partial charge in [0.05, 0.1) is 0 Å². The van der Waals surface area contributed by atoms with E-state index in [4.69, 9.17) is 11.6 Å². The molecular formula is C11H20ClNO. The summed E-state index contributed by atoms with van der Waals surface area (Å²) in [6.07, 6.45) is 6.43. The molecule has 0 aromatic carbocycles. The highest BCUT2D eigenvalue weighted by Crippen LogP contribution is 2.24. The minimum Gasteiger partial charge on any atom is -0.356 e. The predicted molar refractivity (Wildman–Crippen MR) is 59.5 cm³/mol. The van der Waals surface area contributed by atoms with E-state index in [9.17, 15) is 4.79 Å². The molecule has 1 fully saturated rings.